The van der Waals surface area contributed by atoms with Crippen molar-refractivity contribution in [1.82, 2.24) is 10.8 Å². The van der Waals surface area contributed by atoms with Crippen LogP contribution in [0.2, 0.25) is 0 Å². The van der Waals surface area contributed by atoms with E-state index in [1.165, 1.54) is 23.0 Å². The number of benzene rings is 1. The van der Waals surface area contributed by atoms with Crippen molar-refractivity contribution in [1.29, 1.82) is 0 Å². The van der Waals surface area contributed by atoms with Crippen molar-refractivity contribution in [3.05, 3.63) is 63.9 Å². The molecule has 5 nitrogen and oxygen atoms in total. The fraction of sp³-hybridized carbons (Fsp3) is 0.176. The van der Waals surface area contributed by atoms with Gasteiger partial charge in [0.05, 0.1) is 4.88 Å². The number of thiophene rings is 1. The third kappa shape index (κ3) is 5.69. The fourth-order valence-corrected chi connectivity index (χ4v) is 2.79. The van der Waals surface area contributed by atoms with E-state index in [2.05, 4.69) is 17.4 Å². The summed E-state index contributed by atoms with van der Waals surface area (Å²) in [6.07, 6.45) is 4.89. The van der Waals surface area contributed by atoms with Gasteiger partial charge in [-0.25, -0.2) is 5.48 Å². The number of amides is 2. The summed E-state index contributed by atoms with van der Waals surface area (Å²) in [5, 5.41) is 11.4. The molecular formula is C17H18N2O3S. The van der Waals surface area contributed by atoms with Crippen molar-refractivity contribution >= 4 is 29.2 Å². The molecular weight excluding hydrogens is 312 g/mol. The van der Waals surface area contributed by atoms with Crippen LogP contribution in [-0.2, 0) is 11.2 Å². The quantitative estimate of drug-likeness (QED) is 0.316. The topological polar surface area (TPSA) is 78.4 Å². The summed E-state index contributed by atoms with van der Waals surface area (Å²) < 4.78 is 0. The van der Waals surface area contributed by atoms with E-state index in [0.717, 1.165) is 17.7 Å². The van der Waals surface area contributed by atoms with Crippen LogP contribution in [0.15, 0.2) is 48.5 Å². The minimum absolute atomic E-state index is 0.167. The van der Waals surface area contributed by atoms with Crippen LogP contribution >= 0.6 is 11.3 Å². The number of carbonyl (C=O) groups excluding carboxylic acids is 2. The zero-order valence-corrected chi connectivity index (χ0v) is 13.3. The van der Waals surface area contributed by atoms with Crippen LogP contribution in [0.25, 0.3) is 6.08 Å². The first-order valence-electron chi connectivity index (χ1n) is 7.23. The largest absolute Gasteiger partial charge is 0.353 e. The second-order valence-electron chi connectivity index (χ2n) is 4.86. The highest BCUT2D eigenvalue weighted by Gasteiger charge is 2.06. The van der Waals surface area contributed by atoms with Gasteiger partial charge in [-0.3, -0.25) is 14.8 Å². The predicted octanol–water partition coefficient (Wildman–Crippen LogP) is 2.63. The van der Waals surface area contributed by atoms with Crippen LogP contribution in [-0.4, -0.2) is 23.6 Å². The Hall–Kier alpha value is -2.44. The first kappa shape index (κ1) is 16.9. The molecule has 2 aromatic rings. The maximum absolute atomic E-state index is 11.7. The van der Waals surface area contributed by atoms with Gasteiger partial charge in [-0.15, -0.1) is 11.3 Å². The van der Waals surface area contributed by atoms with Gasteiger partial charge < -0.3 is 5.32 Å². The van der Waals surface area contributed by atoms with Crippen LogP contribution in [0.3, 0.4) is 0 Å². The van der Waals surface area contributed by atoms with Crippen molar-refractivity contribution in [2.24, 2.45) is 0 Å². The van der Waals surface area contributed by atoms with Gasteiger partial charge in [0, 0.05) is 17.5 Å². The first-order chi connectivity index (χ1) is 11.2. The summed E-state index contributed by atoms with van der Waals surface area (Å²) in [6.45, 7) is 0.612. The molecule has 2 amide bonds. The second-order valence-corrected chi connectivity index (χ2v) is 5.97. The van der Waals surface area contributed by atoms with Crippen molar-refractivity contribution in [3.8, 4) is 0 Å². The Morgan fingerprint density at radius 2 is 1.91 bits per heavy atom. The number of hydrogen-bond donors (Lipinski definition) is 3. The zero-order valence-electron chi connectivity index (χ0n) is 12.5. The lowest BCUT2D eigenvalue weighted by Gasteiger charge is -2.02. The number of nitrogens with one attached hydrogen (secondary N) is 2. The molecule has 1 heterocycles. The zero-order chi connectivity index (χ0) is 16.5. The molecule has 0 aliphatic heterocycles. The van der Waals surface area contributed by atoms with E-state index in [4.69, 9.17) is 5.21 Å². The molecule has 0 saturated carbocycles. The monoisotopic (exact) mass is 330 g/mol. The van der Waals surface area contributed by atoms with E-state index >= 15 is 0 Å². The smallest absolute Gasteiger partial charge is 0.284 e. The Labute approximate surface area is 138 Å². The summed E-state index contributed by atoms with van der Waals surface area (Å²) in [7, 11) is 0. The molecule has 0 radical (unpaired) electrons. The number of aryl methyl sites for hydroxylation is 1. The molecule has 1 aromatic heterocycles. The maximum atomic E-state index is 11.7. The summed E-state index contributed by atoms with van der Waals surface area (Å²) in [5.74, 6) is -0.723. The molecule has 0 saturated heterocycles. The Balaban J connectivity index is 1.72. The normalized spacial score (nSPS) is 10.7. The number of rotatable bonds is 7. The number of carbonyl (C=O) groups is 2. The Kier molecular flexibility index (Phi) is 6.53. The van der Waals surface area contributed by atoms with E-state index in [9.17, 15) is 9.59 Å². The lowest BCUT2D eigenvalue weighted by Crippen LogP contribution is -2.22. The Bertz CT molecular complexity index is 680. The molecule has 6 heteroatoms. The van der Waals surface area contributed by atoms with Crippen molar-refractivity contribution in [2.45, 2.75) is 12.8 Å². The fourth-order valence-electron chi connectivity index (χ4n) is 1.99. The number of hydroxylamine groups is 1. The summed E-state index contributed by atoms with van der Waals surface area (Å²) in [6, 6.07) is 13.4. The van der Waals surface area contributed by atoms with Gasteiger partial charge in [0.15, 0.2) is 0 Å². The molecule has 1 aromatic carbocycles. The highest BCUT2D eigenvalue weighted by Crippen LogP contribution is 2.17. The molecule has 23 heavy (non-hydrogen) atoms. The molecule has 0 atom stereocenters. The molecule has 3 N–H and O–H groups in total. The highest BCUT2D eigenvalue weighted by molar-refractivity contribution is 7.14. The first-order valence-corrected chi connectivity index (χ1v) is 8.05. The molecule has 2 rings (SSSR count). The summed E-state index contributed by atoms with van der Waals surface area (Å²) in [4.78, 5) is 24.1. The third-order valence-electron chi connectivity index (χ3n) is 3.14. The van der Waals surface area contributed by atoms with Crippen molar-refractivity contribution in [2.75, 3.05) is 6.54 Å². The van der Waals surface area contributed by atoms with E-state index < -0.39 is 5.91 Å². The molecule has 0 aliphatic carbocycles. The average molecular weight is 330 g/mol. The van der Waals surface area contributed by atoms with Gasteiger partial charge in [0.25, 0.3) is 5.91 Å². The van der Waals surface area contributed by atoms with Gasteiger partial charge in [-0.05, 0) is 36.6 Å². The van der Waals surface area contributed by atoms with Gasteiger partial charge in [0.1, 0.15) is 0 Å². The van der Waals surface area contributed by atoms with Crippen LogP contribution in [0.4, 0.5) is 0 Å². The second kappa shape index (κ2) is 8.87. The predicted molar refractivity (Wildman–Crippen MR) is 90.4 cm³/mol. The minimum Gasteiger partial charge on any atom is -0.353 e. The minimum atomic E-state index is -0.556. The van der Waals surface area contributed by atoms with Gasteiger partial charge >= 0.3 is 0 Å². The summed E-state index contributed by atoms with van der Waals surface area (Å²) >= 11 is 1.19. The standard InChI is InChI=1S/C17H18N2O3S/c20-16(18-12-4-7-13-5-2-1-3-6-13)11-9-14-8-10-15(23-14)17(21)19-22/h1-3,5-6,8-11,22H,4,7,12H2,(H,18,20)(H,19,21). The SMILES string of the molecule is O=C(C=Cc1ccc(C(=O)NO)s1)NCCCc1ccccc1. The van der Waals surface area contributed by atoms with Crippen molar-refractivity contribution in [3.63, 3.8) is 0 Å². The molecule has 0 aliphatic rings. The Morgan fingerprint density at radius 3 is 2.65 bits per heavy atom. The average Bonchev–Trinajstić information content (AvgIpc) is 3.06. The number of hydrogen-bond acceptors (Lipinski definition) is 4. The van der Waals surface area contributed by atoms with Gasteiger partial charge in [-0.2, -0.15) is 0 Å². The van der Waals surface area contributed by atoms with Gasteiger partial charge in [-0.1, -0.05) is 30.3 Å². The highest BCUT2D eigenvalue weighted by atomic mass is 32.1. The van der Waals surface area contributed by atoms with Crippen LogP contribution in [0, 0.1) is 0 Å². The molecule has 0 fully saturated rings. The van der Waals surface area contributed by atoms with Crippen LogP contribution in [0.5, 0.6) is 0 Å². The Morgan fingerprint density at radius 1 is 1.13 bits per heavy atom. The van der Waals surface area contributed by atoms with E-state index in [1.54, 1.807) is 23.7 Å². The molecule has 0 bridgehead atoms. The lowest BCUT2D eigenvalue weighted by molar-refractivity contribution is -0.116. The van der Waals surface area contributed by atoms with Crippen LogP contribution < -0.4 is 10.8 Å². The van der Waals surface area contributed by atoms with E-state index in [0.29, 0.717) is 11.4 Å². The van der Waals surface area contributed by atoms with Crippen molar-refractivity contribution < 1.29 is 14.8 Å². The molecule has 0 unspecified atom stereocenters. The molecule has 0 spiro atoms. The van der Waals surface area contributed by atoms with Crippen LogP contribution in [0.1, 0.15) is 26.5 Å². The van der Waals surface area contributed by atoms with E-state index in [1.807, 2.05) is 18.2 Å². The van der Waals surface area contributed by atoms with E-state index in [-0.39, 0.29) is 5.91 Å². The summed E-state index contributed by atoms with van der Waals surface area (Å²) in [5.41, 5.74) is 2.83. The maximum Gasteiger partial charge on any atom is 0.284 e. The lowest BCUT2D eigenvalue weighted by atomic mass is 10.1. The molecule has 120 valence electrons. The third-order valence-corrected chi connectivity index (χ3v) is 4.18. The van der Waals surface area contributed by atoms with Gasteiger partial charge in [0.2, 0.25) is 5.91 Å².